The second-order valence-electron chi connectivity index (χ2n) is 21.3. The van der Waals surface area contributed by atoms with Gasteiger partial charge in [-0.2, -0.15) is 0 Å². The van der Waals surface area contributed by atoms with Crippen molar-refractivity contribution in [2.24, 2.45) is 0 Å². The number of hydrogen-bond donors (Lipinski definition) is 0. The predicted octanol–water partition coefficient (Wildman–Crippen LogP) is 22.9. The molecule has 0 aliphatic carbocycles. The molecular weight excluding hydrogens is 997 g/mol. The van der Waals surface area contributed by atoms with Crippen molar-refractivity contribution in [1.82, 2.24) is 0 Å². The Balaban J connectivity index is 4.46. The Bertz CT molecular complexity index is 1810. The van der Waals surface area contributed by atoms with E-state index in [2.05, 4.69) is 179 Å². The third-order valence-electron chi connectivity index (χ3n) is 13.5. The van der Waals surface area contributed by atoms with E-state index in [1.807, 2.05) is 0 Å². The van der Waals surface area contributed by atoms with Crippen LogP contribution in [0.25, 0.3) is 0 Å². The second kappa shape index (κ2) is 67.5. The van der Waals surface area contributed by atoms with Gasteiger partial charge in [-0.15, -0.1) is 0 Å². The van der Waals surface area contributed by atoms with Gasteiger partial charge >= 0.3 is 17.9 Å². The summed E-state index contributed by atoms with van der Waals surface area (Å²) < 4.78 is 16.9. The van der Waals surface area contributed by atoms with E-state index < -0.39 is 6.10 Å². The van der Waals surface area contributed by atoms with Gasteiger partial charge in [0, 0.05) is 19.3 Å². The molecule has 6 heteroatoms. The highest BCUT2D eigenvalue weighted by Crippen LogP contribution is 2.14. The number of carbonyl (C=O) groups excluding carboxylic acids is 3. The maximum absolute atomic E-state index is 12.9. The zero-order chi connectivity index (χ0) is 58.5. The number of unbranched alkanes of at least 4 members (excludes halogenated alkanes) is 21. The van der Waals surface area contributed by atoms with Crippen molar-refractivity contribution in [1.29, 1.82) is 0 Å². The molecule has 0 aliphatic rings. The molecule has 0 rings (SSSR count). The van der Waals surface area contributed by atoms with Crippen LogP contribution in [0.4, 0.5) is 0 Å². The minimum atomic E-state index is -0.813. The van der Waals surface area contributed by atoms with Gasteiger partial charge < -0.3 is 14.2 Å². The van der Waals surface area contributed by atoms with E-state index in [1.165, 1.54) is 77.0 Å². The maximum Gasteiger partial charge on any atom is 0.306 e. The van der Waals surface area contributed by atoms with Crippen LogP contribution in [-0.2, 0) is 28.6 Å². The number of ether oxygens (including phenoxy) is 3. The third kappa shape index (κ3) is 65.7. The molecule has 0 N–H and O–H groups in total. The molecule has 1 unspecified atom stereocenters. The minimum Gasteiger partial charge on any atom is -0.462 e. The summed E-state index contributed by atoms with van der Waals surface area (Å²) in [6.45, 7) is 6.37. The number of esters is 3. The fraction of sp³-hybridized carbons (Fsp3) is 0.613. The molecule has 0 aromatic rings. The minimum absolute atomic E-state index is 0.104. The van der Waals surface area contributed by atoms with E-state index in [0.717, 1.165) is 161 Å². The molecule has 0 saturated carbocycles. The Morgan fingerprint density at radius 3 is 0.765 bits per heavy atom. The standard InChI is InChI=1S/C75H120O6/c1-4-7-10-13-16-19-22-25-28-31-32-33-34-35-36-37-38-39-40-41-42-45-47-50-53-56-59-62-65-68-74(77)80-71-72(81-75(78)69-66-63-60-57-54-51-48-44-30-27-24-21-18-15-12-9-6-3)70-79-73(76)67-64-61-58-55-52-49-46-43-29-26-23-20-17-14-11-8-5-2/h7,9-10,12,16,18-19,21,25-30,32-33,35-36,38-39,41-42,47-48,50-51,72H,4-6,8,11,13-15,17,20,22-24,31,34,37,40,43-46,49,52-71H2,1-3H3/b10-7-,12-9-,19-16-,21-18-,28-25-,29-26-,30-27-,33-32-,36-35-,39-38-,42-41-,50-47-,51-48-. The van der Waals surface area contributed by atoms with Gasteiger partial charge in [0.05, 0.1) is 0 Å². The van der Waals surface area contributed by atoms with Crippen molar-refractivity contribution in [3.63, 3.8) is 0 Å². The summed E-state index contributed by atoms with van der Waals surface area (Å²) in [5, 5.41) is 0. The van der Waals surface area contributed by atoms with E-state index in [9.17, 15) is 14.4 Å². The number of carbonyl (C=O) groups is 3. The van der Waals surface area contributed by atoms with Crippen molar-refractivity contribution < 1.29 is 28.6 Å². The quantitative estimate of drug-likeness (QED) is 0.0261. The van der Waals surface area contributed by atoms with Gasteiger partial charge in [0.25, 0.3) is 0 Å². The molecule has 0 aromatic heterocycles. The smallest absolute Gasteiger partial charge is 0.306 e. The van der Waals surface area contributed by atoms with E-state index in [4.69, 9.17) is 14.2 Å². The molecule has 1 atom stereocenters. The molecule has 0 spiro atoms. The van der Waals surface area contributed by atoms with Gasteiger partial charge in [0.15, 0.2) is 6.10 Å². The highest BCUT2D eigenvalue weighted by molar-refractivity contribution is 5.71. The van der Waals surface area contributed by atoms with Crippen LogP contribution >= 0.6 is 0 Å². The molecule has 0 saturated heterocycles. The normalized spacial score (nSPS) is 13.2. The molecule has 0 aromatic carbocycles. The largest absolute Gasteiger partial charge is 0.462 e. The van der Waals surface area contributed by atoms with Gasteiger partial charge in [-0.3, -0.25) is 14.4 Å². The summed E-state index contributed by atoms with van der Waals surface area (Å²) in [7, 11) is 0. The Hall–Kier alpha value is -4.97. The van der Waals surface area contributed by atoms with Crippen LogP contribution in [0.3, 0.4) is 0 Å². The Kier molecular flexibility index (Phi) is 63.4. The molecule has 0 bridgehead atoms. The monoisotopic (exact) mass is 1120 g/mol. The van der Waals surface area contributed by atoms with Crippen molar-refractivity contribution in [3.05, 3.63) is 158 Å². The lowest BCUT2D eigenvalue weighted by molar-refractivity contribution is -0.167. The zero-order valence-electron chi connectivity index (χ0n) is 52.2. The Morgan fingerprint density at radius 2 is 0.481 bits per heavy atom. The molecule has 81 heavy (non-hydrogen) atoms. The summed E-state index contributed by atoms with van der Waals surface area (Å²) in [6, 6.07) is 0. The van der Waals surface area contributed by atoms with E-state index >= 15 is 0 Å². The summed E-state index contributed by atoms with van der Waals surface area (Å²) in [6.07, 6.45) is 98.2. The summed E-state index contributed by atoms with van der Waals surface area (Å²) in [4.78, 5) is 38.4. The lowest BCUT2D eigenvalue weighted by Crippen LogP contribution is -2.30. The molecule has 0 radical (unpaired) electrons. The lowest BCUT2D eigenvalue weighted by atomic mass is 10.1. The van der Waals surface area contributed by atoms with Crippen molar-refractivity contribution in [3.8, 4) is 0 Å². The Morgan fingerprint density at radius 1 is 0.259 bits per heavy atom. The molecule has 0 fully saturated rings. The van der Waals surface area contributed by atoms with E-state index in [0.29, 0.717) is 12.8 Å². The van der Waals surface area contributed by atoms with Crippen LogP contribution in [0.1, 0.15) is 278 Å². The second-order valence-corrected chi connectivity index (χ2v) is 21.3. The summed E-state index contributed by atoms with van der Waals surface area (Å²) in [5.74, 6) is -0.959. The van der Waals surface area contributed by atoms with E-state index in [-0.39, 0.29) is 37.5 Å². The van der Waals surface area contributed by atoms with Crippen molar-refractivity contribution in [2.45, 2.75) is 284 Å². The van der Waals surface area contributed by atoms with Crippen LogP contribution < -0.4 is 0 Å². The first-order valence-corrected chi connectivity index (χ1v) is 33.0. The molecule has 0 amide bonds. The number of hydrogen-bond acceptors (Lipinski definition) is 6. The summed E-state index contributed by atoms with van der Waals surface area (Å²) in [5.41, 5.74) is 0. The Labute approximate surface area is 499 Å². The first kappa shape index (κ1) is 76.0. The SMILES string of the molecule is CC/C=C\C/C=C\C/C=C\C/C=C\C/C=C\C/C=C\C/C=C\C/C=C\CCCCCCC(=O)OCC(COC(=O)CCCCCCCCC/C=C\CCCCCCCC)OC(=O)CCCCCC/C=C\C/C=C\C/C=C\C/C=C\CC. The molecule has 456 valence electrons. The summed E-state index contributed by atoms with van der Waals surface area (Å²) >= 11 is 0. The number of rotatable bonds is 58. The molecule has 0 heterocycles. The molecular formula is C75H120O6. The predicted molar refractivity (Wildman–Crippen MR) is 352 cm³/mol. The molecule has 6 nitrogen and oxygen atoms in total. The average Bonchev–Trinajstić information content (AvgIpc) is 3.47. The van der Waals surface area contributed by atoms with Gasteiger partial charge in [-0.05, 0) is 148 Å². The van der Waals surface area contributed by atoms with Crippen LogP contribution in [0.5, 0.6) is 0 Å². The maximum atomic E-state index is 12.9. The van der Waals surface area contributed by atoms with Crippen molar-refractivity contribution in [2.75, 3.05) is 13.2 Å². The van der Waals surface area contributed by atoms with Crippen LogP contribution in [0.2, 0.25) is 0 Å². The first-order valence-electron chi connectivity index (χ1n) is 33.0. The zero-order valence-corrected chi connectivity index (χ0v) is 52.2. The first-order chi connectivity index (χ1) is 40.0. The van der Waals surface area contributed by atoms with Crippen LogP contribution in [0, 0.1) is 0 Å². The highest BCUT2D eigenvalue weighted by Gasteiger charge is 2.19. The van der Waals surface area contributed by atoms with Crippen LogP contribution in [0.15, 0.2) is 158 Å². The highest BCUT2D eigenvalue weighted by atomic mass is 16.6. The van der Waals surface area contributed by atoms with Gasteiger partial charge in [-0.25, -0.2) is 0 Å². The topological polar surface area (TPSA) is 78.9 Å². The lowest BCUT2D eigenvalue weighted by Gasteiger charge is -2.18. The molecule has 0 aliphatic heterocycles. The fourth-order valence-electron chi connectivity index (χ4n) is 8.62. The van der Waals surface area contributed by atoms with Gasteiger partial charge in [0.2, 0.25) is 0 Å². The van der Waals surface area contributed by atoms with Gasteiger partial charge in [-0.1, -0.05) is 269 Å². The van der Waals surface area contributed by atoms with Crippen LogP contribution in [-0.4, -0.2) is 37.2 Å². The fourth-order valence-corrected chi connectivity index (χ4v) is 8.62. The number of allylic oxidation sites excluding steroid dienone is 26. The average molecular weight is 1120 g/mol. The van der Waals surface area contributed by atoms with Crippen molar-refractivity contribution >= 4 is 17.9 Å². The third-order valence-corrected chi connectivity index (χ3v) is 13.5. The van der Waals surface area contributed by atoms with E-state index in [1.54, 1.807) is 0 Å². The van der Waals surface area contributed by atoms with Gasteiger partial charge in [0.1, 0.15) is 13.2 Å².